The summed E-state index contributed by atoms with van der Waals surface area (Å²) >= 11 is 5.82. The predicted octanol–water partition coefficient (Wildman–Crippen LogP) is 5.03. The molecule has 196 valence electrons. The zero-order chi connectivity index (χ0) is 27.2. The number of amidine groups is 1. The average Bonchev–Trinajstić information content (AvgIpc) is 2.81. The molecule has 1 atom stereocenters. The lowest BCUT2D eigenvalue weighted by molar-refractivity contribution is -0.189. The quantitative estimate of drug-likeness (QED) is 0.159. The maximum Gasteiger partial charge on any atom is 0.425 e. The molecule has 0 saturated heterocycles. The summed E-state index contributed by atoms with van der Waals surface area (Å²) in [4.78, 5) is 15.6. The lowest BCUT2D eigenvalue weighted by Crippen LogP contribution is -2.34. The summed E-state index contributed by atoms with van der Waals surface area (Å²) in [5.41, 5.74) is -1.70. The van der Waals surface area contributed by atoms with Gasteiger partial charge in [-0.1, -0.05) is 11.6 Å². The number of nitrogens with zero attached hydrogens (tertiary/aromatic N) is 4. The lowest BCUT2D eigenvalue weighted by atomic mass is 10.1. The normalized spacial score (nSPS) is 13.4. The standard InChI is InChI=1S/C22H21ClF6N4O3/c1-4-33(11-35)21(10-34)31-32(3)19-7-20(36-12(2)22(27,28)29)14(6-17(19)25)16(24)5-13-15(23)8-30-9-18(13)26/h5-9,11-12,34H,4,10H2,1-3H3/b16-5-,31-21-/t12-/m0/s1. The van der Waals surface area contributed by atoms with Gasteiger partial charge in [0.05, 0.1) is 22.5 Å². The molecule has 0 aliphatic heterocycles. The van der Waals surface area contributed by atoms with Crippen molar-refractivity contribution in [3.63, 3.8) is 0 Å². The fourth-order valence-corrected chi connectivity index (χ4v) is 3.02. The molecule has 0 radical (unpaired) electrons. The van der Waals surface area contributed by atoms with E-state index in [2.05, 4.69) is 10.1 Å². The van der Waals surface area contributed by atoms with Crippen LogP contribution in [0.3, 0.4) is 0 Å². The number of carbonyl (C=O) groups is 1. The third-order valence-electron chi connectivity index (χ3n) is 4.79. The molecule has 1 N–H and O–H groups in total. The average molecular weight is 539 g/mol. The first-order chi connectivity index (χ1) is 16.8. The summed E-state index contributed by atoms with van der Waals surface area (Å²) < 4.78 is 88.5. The Bertz CT molecular complexity index is 1140. The second-order valence-corrected chi connectivity index (χ2v) is 7.61. The molecule has 36 heavy (non-hydrogen) atoms. The van der Waals surface area contributed by atoms with Crippen molar-refractivity contribution in [1.82, 2.24) is 9.88 Å². The highest BCUT2D eigenvalue weighted by atomic mass is 35.5. The van der Waals surface area contributed by atoms with Crippen molar-refractivity contribution >= 4 is 41.4 Å². The summed E-state index contributed by atoms with van der Waals surface area (Å²) in [6.07, 6.45) is -4.61. The number of hydrogen-bond donors (Lipinski definition) is 1. The van der Waals surface area contributed by atoms with E-state index >= 15 is 4.39 Å². The first-order valence-electron chi connectivity index (χ1n) is 10.2. The van der Waals surface area contributed by atoms with Crippen molar-refractivity contribution in [1.29, 1.82) is 0 Å². The Balaban J connectivity index is 2.66. The van der Waals surface area contributed by atoms with Gasteiger partial charge in [0, 0.05) is 31.4 Å². The molecule has 2 rings (SSSR count). The van der Waals surface area contributed by atoms with Crippen molar-refractivity contribution in [3.05, 3.63) is 52.3 Å². The predicted molar refractivity (Wildman–Crippen MR) is 122 cm³/mol. The van der Waals surface area contributed by atoms with Crippen molar-refractivity contribution in [2.24, 2.45) is 5.10 Å². The van der Waals surface area contributed by atoms with Crippen LogP contribution in [0.2, 0.25) is 5.02 Å². The van der Waals surface area contributed by atoms with Crippen molar-refractivity contribution in [2.45, 2.75) is 26.1 Å². The van der Waals surface area contributed by atoms with E-state index in [4.69, 9.17) is 16.3 Å². The number of aliphatic hydroxyl groups excluding tert-OH is 1. The molecule has 14 heteroatoms. The molecule has 0 spiro atoms. The van der Waals surface area contributed by atoms with Crippen LogP contribution in [0.15, 0.2) is 29.6 Å². The summed E-state index contributed by atoms with van der Waals surface area (Å²) in [5.74, 6) is -4.47. The number of aromatic nitrogens is 1. The smallest absolute Gasteiger partial charge is 0.425 e. The fraction of sp³-hybridized carbons (Fsp3) is 0.318. The summed E-state index contributed by atoms with van der Waals surface area (Å²) in [7, 11) is 1.18. The molecule has 1 amide bonds. The molecular formula is C22H21ClF6N4O3. The maximum atomic E-state index is 15.1. The molecule has 0 saturated carbocycles. The van der Waals surface area contributed by atoms with Crippen LogP contribution in [0.5, 0.6) is 5.75 Å². The SMILES string of the molecule is CCN(C=O)/C(CO)=N\N(C)c1cc(O[C@@H](C)C(F)(F)F)c(/C(F)=C/c2c(F)cncc2Cl)cc1F. The van der Waals surface area contributed by atoms with Gasteiger partial charge in [-0.25, -0.2) is 13.2 Å². The molecule has 0 aliphatic rings. The minimum absolute atomic E-state index is 0.111. The molecule has 0 aliphatic carbocycles. The van der Waals surface area contributed by atoms with E-state index in [-0.39, 0.29) is 17.4 Å². The highest BCUT2D eigenvalue weighted by Crippen LogP contribution is 2.37. The van der Waals surface area contributed by atoms with Crippen LogP contribution in [-0.2, 0) is 4.79 Å². The first-order valence-corrected chi connectivity index (χ1v) is 10.6. The number of hydrazone groups is 1. The van der Waals surface area contributed by atoms with Crippen LogP contribution in [0.4, 0.5) is 32.0 Å². The van der Waals surface area contributed by atoms with Gasteiger partial charge in [-0.05, 0) is 26.0 Å². The topological polar surface area (TPSA) is 78.3 Å². The number of halogens is 7. The van der Waals surface area contributed by atoms with Gasteiger partial charge in [-0.15, -0.1) is 0 Å². The Morgan fingerprint density at radius 1 is 1.28 bits per heavy atom. The minimum atomic E-state index is -4.85. The number of pyridine rings is 1. The Labute approximate surface area is 207 Å². The number of likely N-dealkylation sites (N-methyl/N-ethyl adjacent to an activating group) is 1. The first kappa shape index (κ1) is 28.9. The van der Waals surface area contributed by atoms with E-state index in [0.29, 0.717) is 25.5 Å². The molecular weight excluding hydrogens is 518 g/mol. The van der Waals surface area contributed by atoms with Gasteiger partial charge in [0.2, 0.25) is 6.41 Å². The molecule has 0 fully saturated rings. The molecule has 2 aromatic rings. The van der Waals surface area contributed by atoms with Gasteiger partial charge >= 0.3 is 6.18 Å². The van der Waals surface area contributed by atoms with Gasteiger partial charge in [-0.3, -0.25) is 19.7 Å². The summed E-state index contributed by atoms with van der Waals surface area (Å²) in [5, 5.41) is 13.9. The van der Waals surface area contributed by atoms with E-state index < -0.39 is 58.9 Å². The van der Waals surface area contributed by atoms with Crippen LogP contribution in [0.25, 0.3) is 11.9 Å². The van der Waals surface area contributed by atoms with Crippen LogP contribution >= 0.6 is 11.6 Å². The number of rotatable bonds is 9. The van der Waals surface area contributed by atoms with Crippen LogP contribution < -0.4 is 9.75 Å². The zero-order valence-corrected chi connectivity index (χ0v) is 19.9. The van der Waals surface area contributed by atoms with E-state index in [9.17, 15) is 31.9 Å². The Morgan fingerprint density at radius 3 is 2.47 bits per heavy atom. The number of amides is 1. The lowest BCUT2D eigenvalue weighted by Gasteiger charge is -2.23. The van der Waals surface area contributed by atoms with E-state index in [1.54, 1.807) is 6.92 Å². The van der Waals surface area contributed by atoms with Gasteiger partial charge in [0.25, 0.3) is 0 Å². The third kappa shape index (κ3) is 6.88. The van der Waals surface area contributed by atoms with E-state index in [1.807, 2.05) is 0 Å². The fourth-order valence-electron chi connectivity index (χ4n) is 2.82. The Morgan fingerprint density at radius 2 is 1.94 bits per heavy atom. The molecule has 1 aromatic carbocycles. The number of aliphatic hydroxyl groups is 1. The minimum Gasteiger partial charge on any atom is -0.480 e. The van der Waals surface area contributed by atoms with Crippen LogP contribution in [-0.4, -0.2) is 59.7 Å². The van der Waals surface area contributed by atoms with Crippen LogP contribution in [0, 0.1) is 11.6 Å². The molecule has 1 heterocycles. The second-order valence-electron chi connectivity index (χ2n) is 7.20. The third-order valence-corrected chi connectivity index (χ3v) is 5.09. The van der Waals surface area contributed by atoms with Crippen LogP contribution in [0.1, 0.15) is 25.0 Å². The maximum absolute atomic E-state index is 15.1. The highest BCUT2D eigenvalue weighted by Gasteiger charge is 2.38. The molecule has 0 bridgehead atoms. The molecule has 0 unspecified atom stereocenters. The van der Waals surface area contributed by atoms with Gasteiger partial charge in [0.15, 0.2) is 11.9 Å². The summed E-state index contributed by atoms with van der Waals surface area (Å²) in [6.45, 7) is 1.62. The number of anilines is 1. The van der Waals surface area contributed by atoms with Gasteiger partial charge in [0.1, 0.15) is 29.8 Å². The number of alkyl halides is 3. The molecule has 7 nitrogen and oxygen atoms in total. The monoisotopic (exact) mass is 538 g/mol. The van der Waals surface area contributed by atoms with E-state index in [1.165, 1.54) is 7.05 Å². The summed E-state index contributed by atoms with van der Waals surface area (Å²) in [6, 6.07) is 1.29. The van der Waals surface area contributed by atoms with Gasteiger partial charge < -0.3 is 9.84 Å². The van der Waals surface area contributed by atoms with Crippen molar-refractivity contribution in [2.75, 3.05) is 25.2 Å². The molecule has 1 aromatic heterocycles. The zero-order valence-electron chi connectivity index (χ0n) is 19.2. The number of benzene rings is 1. The number of hydrogen-bond acceptors (Lipinski definition) is 6. The Hall–Kier alpha value is -3.32. The van der Waals surface area contributed by atoms with Crippen molar-refractivity contribution < 1.29 is 41.0 Å². The number of ether oxygens (including phenoxy) is 1. The largest absolute Gasteiger partial charge is 0.480 e. The van der Waals surface area contributed by atoms with Gasteiger partial charge in [-0.2, -0.15) is 18.3 Å². The number of carbonyl (C=O) groups excluding carboxylic acids is 1. The van der Waals surface area contributed by atoms with E-state index in [0.717, 1.165) is 28.4 Å². The second kappa shape index (κ2) is 12.1. The van der Waals surface area contributed by atoms with Crippen molar-refractivity contribution in [3.8, 4) is 5.75 Å². The highest BCUT2D eigenvalue weighted by molar-refractivity contribution is 6.32. The Kier molecular flexibility index (Phi) is 9.70.